The second-order valence-electron chi connectivity index (χ2n) is 25.2. The van der Waals surface area contributed by atoms with Gasteiger partial charge in [-0.1, -0.05) is 227 Å². The van der Waals surface area contributed by atoms with E-state index in [4.69, 9.17) is 8.83 Å². The van der Waals surface area contributed by atoms with E-state index in [0.29, 0.717) is 0 Å². The summed E-state index contributed by atoms with van der Waals surface area (Å²) in [5.74, 6) is 0. The summed E-state index contributed by atoms with van der Waals surface area (Å²) in [5, 5.41) is 12.1. The molecule has 0 unspecified atom stereocenters. The Bertz CT molecular complexity index is 5130. The van der Waals surface area contributed by atoms with Crippen molar-refractivity contribution >= 4 is 126 Å². The molecule has 0 atom stereocenters. The van der Waals surface area contributed by atoms with Crippen LogP contribution in [-0.2, 0) is 4.66 Å². The van der Waals surface area contributed by atoms with Crippen molar-refractivity contribution in [1.29, 1.82) is 0 Å². The van der Waals surface area contributed by atoms with E-state index in [2.05, 4.69) is 316 Å². The fourth-order valence-corrected chi connectivity index (χ4v) is 28.3. The van der Waals surface area contributed by atoms with Crippen LogP contribution in [0.2, 0.25) is 39.3 Å². The van der Waals surface area contributed by atoms with E-state index in [-0.39, 0.29) is 4.66 Å². The van der Waals surface area contributed by atoms with Gasteiger partial charge in [-0.05, 0) is 156 Å². The summed E-state index contributed by atoms with van der Waals surface area (Å²) in [7, 11) is -4.46. The summed E-state index contributed by atoms with van der Waals surface area (Å²) in [6, 6.07) is 98.2. The van der Waals surface area contributed by atoms with Gasteiger partial charge in [-0.3, -0.25) is 0 Å². The minimum Gasteiger partial charge on any atom is -0.454 e. The molecule has 6 heteroatoms. The van der Waals surface area contributed by atoms with Crippen LogP contribution < -0.4 is 9.80 Å². The van der Waals surface area contributed by atoms with E-state index in [1.165, 1.54) is 76.8 Å². The Morgan fingerprint density at radius 3 is 1.27 bits per heavy atom. The molecule has 13 aromatic carbocycles. The first kappa shape index (κ1) is 51.0. The van der Waals surface area contributed by atoms with Crippen molar-refractivity contribution in [2.45, 2.75) is 43.9 Å². The van der Waals surface area contributed by atoms with Crippen LogP contribution in [0, 0.1) is 0 Å². The minimum absolute atomic E-state index is 0.182. The first-order valence-electron chi connectivity index (χ1n) is 29.7. The van der Waals surface area contributed by atoms with Crippen molar-refractivity contribution < 1.29 is 8.83 Å². The molecule has 15 aromatic rings. The van der Waals surface area contributed by atoms with Crippen molar-refractivity contribution in [2.75, 3.05) is 9.80 Å². The normalized spacial score (nSPS) is 13.2. The zero-order valence-electron chi connectivity index (χ0n) is 48.6. The molecule has 1 aliphatic carbocycles. The molecule has 0 saturated heterocycles. The Morgan fingerprint density at radius 1 is 0.306 bits per heavy atom. The Morgan fingerprint density at radius 2 is 0.741 bits per heavy atom. The summed E-state index contributed by atoms with van der Waals surface area (Å²) in [6.45, 7) is 15.9. The fourth-order valence-electron chi connectivity index (χ4n) is 15.3. The van der Waals surface area contributed by atoms with E-state index in [1.54, 1.807) is 0 Å². The Balaban J connectivity index is 0.912. The number of anilines is 6. The summed E-state index contributed by atoms with van der Waals surface area (Å²) in [6.07, 6.45) is 0. The Hall–Kier alpha value is -9.73. The number of furan rings is 2. The molecule has 0 saturated carbocycles. The highest BCUT2D eigenvalue weighted by Gasteiger charge is 2.60. The SMILES string of the molecule is C[Si](C)(C)C1([Si](C)(C)C)c2cc3cc(N(c4ccc(-c5ccccc5)cc4)c4cccc5c4oc4ccccc45)ccc3cc2-c2c1c1ccc(N(c3ccc(-c4ccccc4)cc3)c3cccc4c3oc3ccccc34)cc1c1ccccc21. The molecular formula is C79H62N2O2Si2. The first-order chi connectivity index (χ1) is 41.4. The zero-order valence-corrected chi connectivity index (χ0v) is 50.6. The number of rotatable bonds is 10. The Labute approximate surface area is 497 Å². The van der Waals surface area contributed by atoms with Gasteiger partial charge in [0.25, 0.3) is 0 Å². The first-order valence-corrected chi connectivity index (χ1v) is 36.7. The molecule has 0 radical (unpaired) electrons. The second kappa shape index (κ2) is 19.2. The summed E-state index contributed by atoms with van der Waals surface area (Å²) >= 11 is 0. The van der Waals surface area contributed by atoms with E-state index >= 15 is 0 Å². The van der Waals surface area contributed by atoms with Crippen molar-refractivity contribution in [3.8, 4) is 33.4 Å². The van der Waals surface area contributed by atoms with Gasteiger partial charge in [0.2, 0.25) is 0 Å². The maximum Gasteiger partial charge on any atom is 0.159 e. The molecule has 2 aromatic heterocycles. The third kappa shape index (κ3) is 7.78. The fraction of sp³-hybridized carbons (Fsp3) is 0.0886. The molecular weight excluding hydrogens is 1070 g/mol. The van der Waals surface area contributed by atoms with Crippen LogP contribution in [0.4, 0.5) is 34.1 Å². The minimum atomic E-state index is -2.23. The van der Waals surface area contributed by atoms with E-state index < -0.39 is 16.1 Å². The van der Waals surface area contributed by atoms with Gasteiger partial charge in [0.1, 0.15) is 11.2 Å². The lowest BCUT2D eigenvalue weighted by Gasteiger charge is -2.51. The van der Waals surface area contributed by atoms with Gasteiger partial charge in [-0.15, -0.1) is 0 Å². The molecule has 0 bridgehead atoms. The van der Waals surface area contributed by atoms with Gasteiger partial charge in [0, 0.05) is 49.0 Å². The average molecular weight is 1130 g/mol. The second-order valence-corrected chi connectivity index (χ2v) is 36.2. The number of hydrogen-bond donors (Lipinski definition) is 0. The smallest absolute Gasteiger partial charge is 0.159 e. The zero-order chi connectivity index (χ0) is 57.3. The lowest BCUT2D eigenvalue weighted by molar-refractivity contribution is 0.668. The standard InChI is InChI=1S/C79H62N2O2Si2/c1-84(2,3)79(85(4,5)6)70-49-56-47-59(80(57-40-35-53(36-41-57)51-21-9-7-10-22-51)71-31-19-29-66-62-26-15-17-33-73(62)82-77(66)71)44-39-55(56)48-69(70)75-64-28-14-13-25-61(64)68-50-60(45-46-65(68)76(75)79)81(58-42-37-54(38-43-58)52-23-11-8-12-24-52)72-32-20-30-67-63-27-16-18-34-74(63)83-78(67)72/h7-50H,1-6H3. The lowest BCUT2D eigenvalue weighted by Crippen LogP contribution is -2.63. The molecule has 0 amide bonds. The predicted molar refractivity (Wildman–Crippen MR) is 367 cm³/mol. The molecule has 4 nitrogen and oxygen atoms in total. The van der Waals surface area contributed by atoms with Crippen LogP contribution in [0.1, 0.15) is 11.1 Å². The van der Waals surface area contributed by atoms with Crippen LogP contribution >= 0.6 is 0 Å². The van der Waals surface area contributed by atoms with E-state index in [9.17, 15) is 0 Å². The summed E-state index contributed by atoms with van der Waals surface area (Å²) in [4.78, 5) is 4.82. The number of nitrogens with zero attached hydrogens (tertiary/aromatic N) is 2. The van der Waals surface area contributed by atoms with Crippen molar-refractivity contribution in [1.82, 2.24) is 0 Å². The van der Waals surface area contributed by atoms with Crippen LogP contribution in [0.5, 0.6) is 0 Å². The quantitative estimate of drug-likeness (QED) is 0.101. The number of benzene rings is 13. The van der Waals surface area contributed by atoms with Crippen LogP contribution in [0.3, 0.4) is 0 Å². The molecule has 85 heavy (non-hydrogen) atoms. The number of fused-ring (bicyclic) bond motifs is 15. The molecule has 16 rings (SSSR count). The molecule has 0 fully saturated rings. The van der Waals surface area contributed by atoms with E-state index in [1.807, 2.05) is 0 Å². The predicted octanol–water partition coefficient (Wildman–Crippen LogP) is 23.2. The highest BCUT2D eigenvalue weighted by molar-refractivity contribution is 7.00. The van der Waals surface area contributed by atoms with Gasteiger partial charge in [-0.2, -0.15) is 0 Å². The van der Waals surface area contributed by atoms with Gasteiger partial charge >= 0.3 is 0 Å². The topological polar surface area (TPSA) is 32.8 Å². The number of para-hydroxylation sites is 4. The molecule has 1 aliphatic rings. The third-order valence-corrected chi connectivity index (χ3v) is 28.5. The summed E-state index contributed by atoms with van der Waals surface area (Å²) < 4.78 is 13.5. The molecule has 408 valence electrons. The summed E-state index contributed by atoms with van der Waals surface area (Å²) in [5.41, 5.74) is 20.3. The molecule has 0 aliphatic heterocycles. The van der Waals surface area contributed by atoms with Crippen LogP contribution in [-0.4, -0.2) is 16.1 Å². The Kier molecular flexibility index (Phi) is 11.5. The van der Waals surface area contributed by atoms with Gasteiger partial charge in [-0.25, -0.2) is 0 Å². The monoisotopic (exact) mass is 1130 g/mol. The van der Waals surface area contributed by atoms with Gasteiger partial charge < -0.3 is 18.6 Å². The van der Waals surface area contributed by atoms with Crippen molar-refractivity contribution in [3.05, 3.63) is 278 Å². The van der Waals surface area contributed by atoms with Crippen LogP contribution in [0.15, 0.2) is 276 Å². The molecule has 0 spiro atoms. The van der Waals surface area contributed by atoms with Crippen LogP contribution in [0.25, 0.3) is 110 Å². The van der Waals surface area contributed by atoms with E-state index in [0.717, 1.165) is 78.0 Å². The van der Waals surface area contributed by atoms with Crippen molar-refractivity contribution in [2.24, 2.45) is 0 Å². The third-order valence-electron chi connectivity index (χ3n) is 18.5. The maximum atomic E-state index is 6.86. The highest BCUT2D eigenvalue weighted by atomic mass is 28.4. The number of hydrogen-bond acceptors (Lipinski definition) is 4. The maximum absolute atomic E-state index is 6.86. The van der Waals surface area contributed by atoms with Crippen molar-refractivity contribution in [3.63, 3.8) is 0 Å². The van der Waals surface area contributed by atoms with Gasteiger partial charge in [0.05, 0.1) is 27.5 Å². The average Bonchev–Trinajstić information content (AvgIpc) is 1.76. The lowest BCUT2D eigenvalue weighted by atomic mass is 9.90. The van der Waals surface area contributed by atoms with Gasteiger partial charge in [0.15, 0.2) is 11.2 Å². The highest BCUT2D eigenvalue weighted by Crippen LogP contribution is 2.63. The molecule has 0 N–H and O–H groups in total. The largest absolute Gasteiger partial charge is 0.454 e. The molecule has 2 heterocycles.